The third-order valence-electron chi connectivity index (χ3n) is 3.25. The number of hydrogen-bond donors (Lipinski definition) is 1. The molecule has 0 unspecified atom stereocenters. The highest BCUT2D eigenvalue weighted by molar-refractivity contribution is 5.76. The summed E-state index contributed by atoms with van der Waals surface area (Å²) in [5, 5.41) is 23.1. The fourth-order valence-corrected chi connectivity index (χ4v) is 2.14. The Morgan fingerprint density at radius 1 is 1.40 bits per heavy atom. The van der Waals surface area contributed by atoms with Gasteiger partial charge < -0.3 is 20.1 Å². The second-order valence-electron chi connectivity index (χ2n) is 4.57. The highest BCUT2D eigenvalue weighted by atomic mass is 16.6. The minimum absolute atomic E-state index is 0.00778. The molecular formula is C11H17N5O4. The molecule has 1 aliphatic heterocycles. The van der Waals surface area contributed by atoms with Crippen LogP contribution in [-0.4, -0.2) is 74.8 Å². The van der Waals surface area contributed by atoms with E-state index < -0.39 is 4.92 Å². The van der Waals surface area contributed by atoms with Crippen molar-refractivity contribution >= 4 is 11.7 Å². The first-order valence-electron chi connectivity index (χ1n) is 6.39. The summed E-state index contributed by atoms with van der Waals surface area (Å²) in [4.78, 5) is 25.8. The summed E-state index contributed by atoms with van der Waals surface area (Å²) < 4.78 is 1.28. The summed E-state index contributed by atoms with van der Waals surface area (Å²) in [6.45, 7) is 3.40. The zero-order valence-electron chi connectivity index (χ0n) is 11.0. The molecule has 0 saturated carbocycles. The number of nitrogens with zero attached hydrogens (tertiary/aromatic N) is 5. The van der Waals surface area contributed by atoms with Crippen molar-refractivity contribution < 1.29 is 14.8 Å². The van der Waals surface area contributed by atoms with Crippen molar-refractivity contribution in [1.29, 1.82) is 0 Å². The number of aliphatic hydroxyl groups excluding tert-OH is 1. The summed E-state index contributed by atoms with van der Waals surface area (Å²) >= 11 is 0. The summed E-state index contributed by atoms with van der Waals surface area (Å²) in [5.74, 6) is -0.364. The number of rotatable bonds is 5. The lowest BCUT2D eigenvalue weighted by atomic mass is 10.3. The maximum Gasteiger partial charge on any atom is 0.389 e. The van der Waals surface area contributed by atoms with Gasteiger partial charge >= 0.3 is 5.82 Å². The van der Waals surface area contributed by atoms with Crippen LogP contribution in [0.25, 0.3) is 0 Å². The lowest BCUT2D eigenvalue weighted by Crippen LogP contribution is -2.50. The molecule has 0 radical (unpaired) electrons. The van der Waals surface area contributed by atoms with Gasteiger partial charge in [-0.15, -0.1) is 0 Å². The van der Waals surface area contributed by atoms with Gasteiger partial charge in [-0.2, -0.15) is 4.68 Å². The molecule has 1 amide bonds. The third-order valence-corrected chi connectivity index (χ3v) is 3.25. The summed E-state index contributed by atoms with van der Waals surface area (Å²) in [7, 11) is 0. The van der Waals surface area contributed by atoms with E-state index in [0.717, 1.165) is 13.1 Å². The molecule has 2 rings (SSSR count). The van der Waals surface area contributed by atoms with E-state index in [1.54, 1.807) is 4.90 Å². The molecular weight excluding hydrogens is 266 g/mol. The van der Waals surface area contributed by atoms with E-state index in [1.807, 2.05) is 0 Å². The monoisotopic (exact) mass is 283 g/mol. The van der Waals surface area contributed by atoms with Crippen molar-refractivity contribution in [3.63, 3.8) is 0 Å². The van der Waals surface area contributed by atoms with Gasteiger partial charge in [-0.05, 0) is 4.92 Å². The van der Waals surface area contributed by atoms with Crippen LogP contribution in [0.1, 0.15) is 0 Å². The first-order chi connectivity index (χ1) is 9.60. The highest BCUT2D eigenvalue weighted by Crippen LogP contribution is 2.07. The molecule has 0 bridgehead atoms. The van der Waals surface area contributed by atoms with Gasteiger partial charge in [0.05, 0.1) is 24.0 Å². The van der Waals surface area contributed by atoms with Crippen molar-refractivity contribution in [3.8, 4) is 0 Å². The van der Waals surface area contributed by atoms with Crippen LogP contribution < -0.4 is 0 Å². The summed E-state index contributed by atoms with van der Waals surface area (Å²) in [6.07, 6.45) is 1.43. The number of aliphatic hydroxyl groups is 1. The van der Waals surface area contributed by atoms with E-state index in [0.29, 0.717) is 19.6 Å². The molecule has 0 spiro atoms. The quantitative estimate of drug-likeness (QED) is 0.545. The fourth-order valence-electron chi connectivity index (χ4n) is 2.14. The van der Waals surface area contributed by atoms with Gasteiger partial charge in [-0.3, -0.25) is 9.69 Å². The second kappa shape index (κ2) is 6.44. The Hall–Kier alpha value is -2.00. The van der Waals surface area contributed by atoms with Crippen LogP contribution in [0.2, 0.25) is 0 Å². The van der Waals surface area contributed by atoms with Gasteiger partial charge in [-0.1, -0.05) is 0 Å². The molecule has 1 N–H and O–H groups in total. The summed E-state index contributed by atoms with van der Waals surface area (Å²) in [6, 6.07) is 1.27. The van der Waals surface area contributed by atoms with E-state index in [9.17, 15) is 14.9 Å². The van der Waals surface area contributed by atoms with Gasteiger partial charge in [0, 0.05) is 32.7 Å². The number of nitro groups is 1. The van der Waals surface area contributed by atoms with Crippen LogP contribution in [-0.2, 0) is 11.3 Å². The molecule has 1 aromatic rings. The van der Waals surface area contributed by atoms with Crippen LogP contribution in [0.3, 0.4) is 0 Å². The number of piperazine rings is 1. The van der Waals surface area contributed by atoms with Crippen LogP contribution in [0.4, 0.5) is 5.82 Å². The van der Waals surface area contributed by atoms with Gasteiger partial charge in [0.25, 0.3) is 0 Å². The highest BCUT2D eigenvalue weighted by Gasteiger charge is 2.22. The molecule has 0 aliphatic carbocycles. The Labute approximate surface area is 115 Å². The molecule has 0 aromatic carbocycles. The number of β-amino-alcohol motifs (C(OH)–C–C–N with tert-alkyl or cyclic N) is 1. The molecule has 9 nitrogen and oxygen atoms in total. The van der Waals surface area contributed by atoms with Gasteiger partial charge in [-0.25, -0.2) is 0 Å². The van der Waals surface area contributed by atoms with Crippen LogP contribution in [0.15, 0.2) is 12.3 Å². The van der Waals surface area contributed by atoms with E-state index in [-0.39, 0.29) is 24.9 Å². The predicted molar refractivity (Wildman–Crippen MR) is 69.0 cm³/mol. The number of carbonyl (C=O) groups is 1. The van der Waals surface area contributed by atoms with Crippen molar-refractivity contribution in [2.24, 2.45) is 0 Å². The molecule has 1 fully saturated rings. The molecule has 0 atom stereocenters. The Kier molecular flexibility index (Phi) is 4.64. The van der Waals surface area contributed by atoms with Crippen molar-refractivity contribution in [2.75, 3.05) is 39.3 Å². The molecule has 1 aromatic heterocycles. The number of aromatic nitrogens is 2. The maximum atomic E-state index is 12.0. The normalized spacial score (nSPS) is 16.4. The average molecular weight is 283 g/mol. The fraction of sp³-hybridized carbons (Fsp3) is 0.636. The zero-order valence-corrected chi connectivity index (χ0v) is 11.0. The maximum absolute atomic E-state index is 12.0. The lowest BCUT2D eigenvalue weighted by molar-refractivity contribution is -0.389. The number of amides is 1. The van der Waals surface area contributed by atoms with Crippen LogP contribution >= 0.6 is 0 Å². The van der Waals surface area contributed by atoms with Crippen molar-refractivity contribution in [2.45, 2.75) is 6.54 Å². The minimum Gasteiger partial charge on any atom is -0.395 e. The van der Waals surface area contributed by atoms with Crippen molar-refractivity contribution in [1.82, 2.24) is 19.6 Å². The second-order valence-corrected chi connectivity index (χ2v) is 4.57. The zero-order chi connectivity index (χ0) is 14.5. The van der Waals surface area contributed by atoms with E-state index in [1.165, 1.54) is 16.9 Å². The first kappa shape index (κ1) is 14.4. The minimum atomic E-state index is -0.589. The van der Waals surface area contributed by atoms with Gasteiger partial charge in [0.1, 0.15) is 6.54 Å². The molecule has 1 aliphatic rings. The molecule has 110 valence electrons. The Balaban J connectivity index is 1.84. The van der Waals surface area contributed by atoms with E-state index in [2.05, 4.69) is 10.00 Å². The van der Waals surface area contributed by atoms with Crippen molar-refractivity contribution in [3.05, 3.63) is 22.4 Å². The standard InChI is InChI=1S/C11H17N5O4/c17-8-7-13-3-5-14(6-4-13)11(18)9-15-2-1-10(12-15)16(19)20/h1-2,17H,3-9H2. The molecule has 9 heteroatoms. The van der Waals surface area contributed by atoms with Gasteiger partial charge in [0.15, 0.2) is 0 Å². The number of carbonyl (C=O) groups excluding carboxylic acids is 1. The van der Waals surface area contributed by atoms with Crippen LogP contribution in [0, 0.1) is 10.1 Å². The molecule has 2 heterocycles. The number of hydrogen-bond acceptors (Lipinski definition) is 6. The Bertz CT molecular complexity index is 481. The SMILES string of the molecule is O=C(Cn1ccc([N+](=O)[O-])n1)N1CCN(CCO)CC1. The lowest BCUT2D eigenvalue weighted by Gasteiger charge is -2.34. The van der Waals surface area contributed by atoms with Gasteiger partial charge in [0.2, 0.25) is 5.91 Å². The Morgan fingerprint density at radius 3 is 2.65 bits per heavy atom. The molecule has 1 saturated heterocycles. The topological polar surface area (TPSA) is 105 Å². The van der Waals surface area contributed by atoms with Crippen LogP contribution in [0.5, 0.6) is 0 Å². The largest absolute Gasteiger partial charge is 0.395 e. The average Bonchev–Trinajstić information content (AvgIpc) is 2.88. The predicted octanol–water partition coefficient (Wildman–Crippen LogP) is -1.07. The third kappa shape index (κ3) is 3.52. The Morgan fingerprint density at radius 2 is 2.10 bits per heavy atom. The van der Waals surface area contributed by atoms with E-state index in [4.69, 9.17) is 5.11 Å². The van der Waals surface area contributed by atoms with E-state index >= 15 is 0 Å². The summed E-state index contributed by atoms with van der Waals surface area (Å²) in [5.41, 5.74) is 0. The first-order valence-corrected chi connectivity index (χ1v) is 6.39. The smallest absolute Gasteiger partial charge is 0.389 e. The molecule has 20 heavy (non-hydrogen) atoms.